The summed E-state index contributed by atoms with van der Waals surface area (Å²) in [4.78, 5) is 23.7. The van der Waals surface area contributed by atoms with Gasteiger partial charge in [0.05, 0.1) is 7.11 Å². The summed E-state index contributed by atoms with van der Waals surface area (Å²) in [5.74, 6) is -0.185. The number of hydrogen-bond donors (Lipinski definition) is 1. The molecule has 0 unspecified atom stereocenters. The van der Waals surface area contributed by atoms with Crippen molar-refractivity contribution in [3.8, 4) is 11.5 Å². The standard InChI is InChI=1S/C16H14O5/c1-10-9-13(18)15(16(19)21-10)12(17)8-7-11-5-3-4-6-14(11)20-2/h3-9,18H,1-2H3/b8-7+. The van der Waals surface area contributed by atoms with E-state index in [1.807, 2.05) is 0 Å². The van der Waals surface area contributed by atoms with Crippen molar-refractivity contribution in [2.45, 2.75) is 6.92 Å². The molecule has 1 heterocycles. The van der Waals surface area contributed by atoms with Crippen molar-refractivity contribution >= 4 is 11.9 Å². The first-order chi connectivity index (χ1) is 10.0. The molecule has 1 aromatic carbocycles. The summed E-state index contributed by atoms with van der Waals surface area (Å²) in [6.45, 7) is 1.51. The molecule has 21 heavy (non-hydrogen) atoms. The van der Waals surface area contributed by atoms with Crippen LogP contribution in [0.3, 0.4) is 0 Å². The Kier molecular flexibility index (Phi) is 4.23. The van der Waals surface area contributed by atoms with Gasteiger partial charge in [-0.25, -0.2) is 4.79 Å². The average Bonchev–Trinajstić information content (AvgIpc) is 2.44. The lowest BCUT2D eigenvalue weighted by molar-refractivity contribution is 0.104. The van der Waals surface area contributed by atoms with E-state index in [9.17, 15) is 14.7 Å². The second-order valence-corrected chi connectivity index (χ2v) is 4.34. The zero-order chi connectivity index (χ0) is 15.4. The summed E-state index contributed by atoms with van der Waals surface area (Å²) < 4.78 is 9.97. The van der Waals surface area contributed by atoms with Crippen molar-refractivity contribution in [1.82, 2.24) is 0 Å². The molecule has 0 spiro atoms. The fourth-order valence-corrected chi connectivity index (χ4v) is 1.88. The van der Waals surface area contributed by atoms with Gasteiger partial charge in [0.2, 0.25) is 0 Å². The summed E-state index contributed by atoms with van der Waals surface area (Å²) in [5.41, 5.74) is -0.557. The molecule has 1 aromatic heterocycles. The van der Waals surface area contributed by atoms with E-state index >= 15 is 0 Å². The number of carbonyl (C=O) groups is 1. The molecular weight excluding hydrogens is 272 g/mol. The van der Waals surface area contributed by atoms with E-state index in [2.05, 4.69) is 0 Å². The fourth-order valence-electron chi connectivity index (χ4n) is 1.88. The minimum Gasteiger partial charge on any atom is -0.507 e. The van der Waals surface area contributed by atoms with Gasteiger partial charge in [0.15, 0.2) is 5.78 Å². The highest BCUT2D eigenvalue weighted by Crippen LogP contribution is 2.20. The third kappa shape index (κ3) is 3.20. The van der Waals surface area contributed by atoms with Gasteiger partial charge in [-0.2, -0.15) is 0 Å². The molecule has 108 valence electrons. The van der Waals surface area contributed by atoms with Gasteiger partial charge >= 0.3 is 5.63 Å². The number of carbonyl (C=O) groups excluding carboxylic acids is 1. The maximum Gasteiger partial charge on any atom is 0.351 e. The van der Waals surface area contributed by atoms with E-state index in [0.717, 1.165) is 0 Å². The molecule has 2 aromatic rings. The second-order valence-electron chi connectivity index (χ2n) is 4.34. The van der Waals surface area contributed by atoms with E-state index in [0.29, 0.717) is 11.3 Å². The van der Waals surface area contributed by atoms with E-state index < -0.39 is 17.2 Å². The number of para-hydroxylation sites is 1. The van der Waals surface area contributed by atoms with Crippen LogP contribution in [0.4, 0.5) is 0 Å². The molecule has 0 radical (unpaired) electrons. The number of rotatable bonds is 4. The summed E-state index contributed by atoms with van der Waals surface area (Å²) in [7, 11) is 1.52. The van der Waals surface area contributed by atoms with Gasteiger partial charge in [-0.1, -0.05) is 18.2 Å². The maximum absolute atomic E-state index is 12.0. The normalized spacial score (nSPS) is 10.8. The molecule has 0 aliphatic carbocycles. The molecular formula is C16H14O5. The Labute approximate surface area is 121 Å². The lowest BCUT2D eigenvalue weighted by Crippen LogP contribution is -2.12. The maximum atomic E-state index is 12.0. The zero-order valence-corrected chi connectivity index (χ0v) is 11.6. The van der Waals surface area contributed by atoms with Crippen LogP contribution in [0, 0.1) is 6.92 Å². The van der Waals surface area contributed by atoms with Gasteiger partial charge in [-0.3, -0.25) is 4.79 Å². The van der Waals surface area contributed by atoms with Crippen molar-refractivity contribution < 1.29 is 19.1 Å². The van der Waals surface area contributed by atoms with Crippen LogP contribution in [0.1, 0.15) is 21.7 Å². The number of benzene rings is 1. The largest absolute Gasteiger partial charge is 0.507 e. The van der Waals surface area contributed by atoms with Crippen LogP contribution in [0.15, 0.2) is 45.6 Å². The molecule has 0 saturated carbocycles. The minimum atomic E-state index is -0.859. The van der Waals surface area contributed by atoms with Gasteiger partial charge in [-0.05, 0) is 25.1 Å². The summed E-state index contributed by atoms with van der Waals surface area (Å²) in [6.07, 6.45) is 2.71. The molecule has 5 nitrogen and oxygen atoms in total. The highest BCUT2D eigenvalue weighted by molar-refractivity contribution is 6.08. The highest BCUT2D eigenvalue weighted by Gasteiger charge is 2.15. The molecule has 1 N–H and O–H groups in total. The van der Waals surface area contributed by atoms with Crippen LogP contribution in [-0.2, 0) is 0 Å². The number of allylic oxidation sites excluding steroid dienone is 1. The number of ketones is 1. The quantitative estimate of drug-likeness (QED) is 0.690. The van der Waals surface area contributed by atoms with Crippen molar-refractivity contribution in [2.24, 2.45) is 0 Å². The Morgan fingerprint density at radius 1 is 1.33 bits per heavy atom. The lowest BCUT2D eigenvalue weighted by atomic mass is 10.1. The van der Waals surface area contributed by atoms with Gasteiger partial charge in [0.1, 0.15) is 22.8 Å². The molecule has 0 saturated heterocycles. The van der Waals surface area contributed by atoms with Crippen LogP contribution >= 0.6 is 0 Å². The number of aromatic hydroxyl groups is 1. The van der Waals surface area contributed by atoms with Crippen LogP contribution in [0.2, 0.25) is 0 Å². The topological polar surface area (TPSA) is 76.7 Å². The number of aryl methyl sites for hydroxylation is 1. The summed E-state index contributed by atoms with van der Waals surface area (Å²) in [6, 6.07) is 8.34. The van der Waals surface area contributed by atoms with Crippen LogP contribution in [0.5, 0.6) is 11.5 Å². The Balaban J connectivity index is 2.34. The van der Waals surface area contributed by atoms with Crippen LogP contribution < -0.4 is 10.4 Å². The van der Waals surface area contributed by atoms with Gasteiger partial charge in [0, 0.05) is 11.6 Å². The molecule has 0 aliphatic heterocycles. The number of methoxy groups -OCH3 is 1. The SMILES string of the molecule is COc1ccccc1/C=C/C(=O)c1c(O)cc(C)oc1=O. The third-order valence-corrected chi connectivity index (χ3v) is 2.85. The average molecular weight is 286 g/mol. The first kappa shape index (κ1) is 14.6. The molecule has 0 fully saturated rings. The van der Waals surface area contributed by atoms with E-state index in [4.69, 9.17) is 9.15 Å². The Morgan fingerprint density at radius 2 is 2.05 bits per heavy atom. The van der Waals surface area contributed by atoms with Crippen molar-refractivity contribution in [3.05, 3.63) is 63.7 Å². The highest BCUT2D eigenvalue weighted by atomic mass is 16.5. The monoisotopic (exact) mass is 286 g/mol. The van der Waals surface area contributed by atoms with E-state index in [-0.39, 0.29) is 11.3 Å². The molecule has 2 rings (SSSR count). The number of ether oxygens (including phenoxy) is 1. The molecule has 0 aliphatic rings. The van der Waals surface area contributed by atoms with Crippen LogP contribution in [-0.4, -0.2) is 18.0 Å². The van der Waals surface area contributed by atoms with Crippen LogP contribution in [0.25, 0.3) is 6.08 Å². The fraction of sp³-hybridized carbons (Fsp3) is 0.125. The third-order valence-electron chi connectivity index (χ3n) is 2.85. The van der Waals surface area contributed by atoms with Gasteiger partial charge < -0.3 is 14.3 Å². The van der Waals surface area contributed by atoms with Crippen molar-refractivity contribution in [2.75, 3.05) is 7.11 Å². The van der Waals surface area contributed by atoms with Crippen molar-refractivity contribution in [3.63, 3.8) is 0 Å². The molecule has 5 heteroatoms. The predicted octanol–water partition coefficient (Wildman–Crippen LogP) is 2.56. The second kappa shape index (κ2) is 6.09. The first-order valence-corrected chi connectivity index (χ1v) is 6.22. The Hall–Kier alpha value is -2.82. The first-order valence-electron chi connectivity index (χ1n) is 6.22. The predicted molar refractivity (Wildman–Crippen MR) is 77.7 cm³/mol. The zero-order valence-electron chi connectivity index (χ0n) is 11.6. The minimum absolute atomic E-state index is 0.239. The lowest BCUT2D eigenvalue weighted by Gasteiger charge is -2.03. The van der Waals surface area contributed by atoms with E-state index in [1.54, 1.807) is 24.3 Å². The Morgan fingerprint density at radius 3 is 2.71 bits per heavy atom. The van der Waals surface area contributed by atoms with Gasteiger partial charge in [-0.15, -0.1) is 0 Å². The van der Waals surface area contributed by atoms with Crippen molar-refractivity contribution in [1.29, 1.82) is 0 Å². The molecule has 0 amide bonds. The smallest absolute Gasteiger partial charge is 0.351 e. The van der Waals surface area contributed by atoms with E-state index in [1.165, 1.54) is 32.3 Å². The van der Waals surface area contributed by atoms with Gasteiger partial charge in [0.25, 0.3) is 0 Å². The number of hydrogen-bond acceptors (Lipinski definition) is 5. The summed E-state index contributed by atoms with van der Waals surface area (Å²) >= 11 is 0. The Bertz CT molecular complexity index is 756. The molecule has 0 bridgehead atoms. The molecule has 0 atom stereocenters. The summed E-state index contributed by atoms with van der Waals surface area (Å²) in [5, 5.41) is 9.70.